The normalized spacial score (nSPS) is 16.2. The number of hydrogen-bond donors (Lipinski definition) is 0. The van der Waals surface area contributed by atoms with Gasteiger partial charge in [0.15, 0.2) is 0 Å². The van der Waals surface area contributed by atoms with Gasteiger partial charge < -0.3 is 24.8 Å². The number of halogens is 2. The molecule has 4 heteroatoms. The second-order valence-electron chi connectivity index (χ2n) is 13.1. The molecular weight excluding hydrogens is 763 g/mol. The van der Waals surface area contributed by atoms with Crippen molar-refractivity contribution >= 4 is 42.7 Å². The van der Waals surface area contributed by atoms with Gasteiger partial charge in [-0.1, -0.05) is 0 Å². The quantitative estimate of drug-likeness (QED) is 0.179. The van der Waals surface area contributed by atoms with Crippen molar-refractivity contribution in [1.82, 2.24) is 0 Å². The van der Waals surface area contributed by atoms with Gasteiger partial charge in [0, 0.05) is 0 Å². The van der Waals surface area contributed by atoms with Gasteiger partial charge in [-0.05, 0) is 0 Å². The Labute approximate surface area is 306 Å². The van der Waals surface area contributed by atoms with Crippen LogP contribution < -0.4 is 24.8 Å². The smallest absolute Gasteiger partial charge is 1.00 e. The van der Waals surface area contributed by atoms with Crippen LogP contribution in [-0.2, 0) is 18.6 Å². The van der Waals surface area contributed by atoms with Crippen molar-refractivity contribution in [2.45, 2.75) is 45.5 Å². The maximum absolute atomic E-state index is 2.73. The SMILES string of the molecule is CCC1=C(c2cccc3ccccc23)c2ccccc2[CH]1[Zr+2]([CH]1C(CC)=C(c2cccc3ccccc23)c2ccccc21)=[Ge]([CH3])[CH3].[Cl-].[Cl-]. The first-order chi connectivity index (χ1) is 22.6. The Bertz CT molecular complexity index is 2110. The maximum atomic E-state index is 2.73. The summed E-state index contributed by atoms with van der Waals surface area (Å²) in [7, 11) is -1.37. The summed E-state index contributed by atoms with van der Waals surface area (Å²) in [6.07, 6.45) is 2.23. The van der Waals surface area contributed by atoms with Crippen LogP contribution in [0.25, 0.3) is 32.7 Å². The van der Waals surface area contributed by atoms with E-state index in [1.54, 1.807) is 33.4 Å². The van der Waals surface area contributed by atoms with Crippen LogP contribution in [0.2, 0.25) is 11.5 Å². The molecule has 0 fully saturated rings. The zero-order valence-electron chi connectivity index (χ0n) is 28.0. The summed E-state index contributed by atoms with van der Waals surface area (Å²) in [5.74, 6) is 5.46. The predicted molar refractivity (Wildman–Crippen MR) is 196 cm³/mol. The van der Waals surface area contributed by atoms with Crippen LogP contribution >= 0.6 is 0 Å². The Kier molecular flexibility index (Phi) is 10.7. The van der Waals surface area contributed by atoms with Crippen LogP contribution in [-0.4, -0.2) is 9.98 Å². The van der Waals surface area contributed by atoms with Gasteiger partial charge in [0.2, 0.25) is 0 Å². The van der Waals surface area contributed by atoms with Gasteiger partial charge in [0.05, 0.1) is 0 Å². The second kappa shape index (κ2) is 14.7. The molecule has 0 aromatic heterocycles. The van der Waals surface area contributed by atoms with Crippen molar-refractivity contribution in [2.24, 2.45) is 0 Å². The van der Waals surface area contributed by atoms with E-state index in [1.165, 1.54) is 43.8 Å². The predicted octanol–water partition coefficient (Wildman–Crippen LogP) is 6.10. The van der Waals surface area contributed by atoms with Crippen LogP contribution in [0.5, 0.6) is 0 Å². The van der Waals surface area contributed by atoms with E-state index >= 15 is 0 Å². The molecule has 0 nitrogen and oxygen atoms in total. The Balaban J connectivity index is 0.00000201. The number of hydrogen-bond acceptors (Lipinski definition) is 0. The summed E-state index contributed by atoms with van der Waals surface area (Å²) >= 11 is -2.28. The minimum Gasteiger partial charge on any atom is -1.00 e. The van der Waals surface area contributed by atoms with E-state index in [0.29, 0.717) is 7.25 Å². The molecule has 2 unspecified atom stereocenters. The van der Waals surface area contributed by atoms with E-state index in [0.717, 1.165) is 12.8 Å². The third-order valence-electron chi connectivity index (χ3n) is 10.5. The fourth-order valence-electron chi connectivity index (χ4n) is 8.70. The minimum atomic E-state index is -2.28. The van der Waals surface area contributed by atoms with Gasteiger partial charge >= 0.3 is 285 Å². The van der Waals surface area contributed by atoms with Crippen molar-refractivity contribution in [1.29, 1.82) is 0 Å². The van der Waals surface area contributed by atoms with Crippen molar-refractivity contribution in [3.63, 3.8) is 0 Å². The molecule has 0 spiro atoms. The molecule has 0 saturated carbocycles. The molecule has 48 heavy (non-hydrogen) atoms. The van der Waals surface area contributed by atoms with E-state index in [-0.39, 0.29) is 24.8 Å². The Hall–Kier alpha value is -2.67. The van der Waals surface area contributed by atoms with E-state index in [1.807, 2.05) is 0 Å². The van der Waals surface area contributed by atoms with Gasteiger partial charge in [-0.25, -0.2) is 0 Å². The summed E-state index contributed by atoms with van der Waals surface area (Å²) in [4.78, 5) is 0. The topological polar surface area (TPSA) is 0 Å². The van der Waals surface area contributed by atoms with Crippen molar-refractivity contribution in [2.75, 3.05) is 0 Å². The van der Waals surface area contributed by atoms with Gasteiger partial charge in [-0.2, -0.15) is 0 Å². The summed E-state index contributed by atoms with van der Waals surface area (Å²) in [5, 5.41) is 5.44. The average Bonchev–Trinajstić information content (AvgIpc) is 3.60. The van der Waals surface area contributed by atoms with Crippen molar-refractivity contribution in [3.05, 3.63) is 178 Å². The first-order valence-corrected chi connectivity index (χ1v) is 31.4. The van der Waals surface area contributed by atoms with Crippen molar-refractivity contribution < 1.29 is 43.4 Å². The zero-order chi connectivity index (χ0) is 31.4. The second-order valence-corrected chi connectivity index (χ2v) is 42.3. The number of rotatable bonds is 6. The molecule has 8 rings (SSSR count). The number of fused-ring (bicyclic) bond motifs is 4. The van der Waals surface area contributed by atoms with Crippen LogP contribution in [0.3, 0.4) is 0 Å². The van der Waals surface area contributed by atoms with Crippen LogP contribution in [0.15, 0.2) is 145 Å². The average molecular weight is 804 g/mol. The monoisotopic (exact) mass is 802 g/mol. The molecule has 6 aromatic rings. The van der Waals surface area contributed by atoms with Crippen molar-refractivity contribution in [3.8, 4) is 0 Å². The molecule has 238 valence electrons. The maximum Gasteiger partial charge on any atom is -1.00 e. The first-order valence-electron chi connectivity index (χ1n) is 16.9. The van der Waals surface area contributed by atoms with Gasteiger partial charge in [-0.15, -0.1) is 0 Å². The Morgan fingerprint density at radius 2 is 0.812 bits per heavy atom. The first kappa shape index (κ1) is 35.2. The van der Waals surface area contributed by atoms with Crippen LogP contribution in [0.4, 0.5) is 0 Å². The summed E-state index contributed by atoms with van der Waals surface area (Å²) < 4.78 is 1.24. The minimum absolute atomic E-state index is 0. The largest absolute Gasteiger partial charge is 1.00 e. The fourth-order valence-corrected chi connectivity index (χ4v) is 41.3. The standard InChI is InChI=1S/2C21H17.C2H6Ge.2ClH.Zr/c2*1-2-15-14-17-9-4-6-12-19(17)21(15)20-13-7-10-16-8-3-5-11-18(16)20;1-3-2;;;/h2*3-14H,2H2,1H3;1-2H3;2*1H;/q;;;;;+2/p-2. The Morgan fingerprint density at radius 1 is 0.458 bits per heavy atom. The zero-order valence-corrected chi connectivity index (χ0v) is 34.1. The molecule has 0 amide bonds. The van der Waals surface area contributed by atoms with E-state index in [2.05, 4.69) is 159 Å². The molecule has 2 atom stereocenters. The Morgan fingerprint density at radius 3 is 1.23 bits per heavy atom. The molecule has 0 saturated heterocycles. The van der Waals surface area contributed by atoms with Gasteiger partial charge in [0.1, 0.15) is 0 Å². The third-order valence-corrected chi connectivity index (χ3v) is 41.1. The summed E-state index contributed by atoms with van der Waals surface area (Å²) in [5.41, 5.74) is 15.7. The molecule has 0 bridgehead atoms. The molecule has 0 aliphatic heterocycles. The molecule has 0 heterocycles. The van der Waals surface area contributed by atoms with Gasteiger partial charge in [-0.3, -0.25) is 0 Å². The number of allylic oxidation sites excluding steroid dienone is 2. The summed E-state index contributed by atoms with van der Waals surface area (Å²) in [6, 6.07) is 51.0. The van der Waals surface area contributed by atoms with E-state index in [9.17, 15) is 0 Å². The van der Waals surface area contributed by atoms with Crippen LogP contribution in [0.1, 0.15) is 67.3 Å². The van der Waals surface area contributed by atoms with E-state index < -0.39 is 28.6 Å². The molecule has 0 N–H and O–H groups in total. The molecule has 6 aromatic carbocycles. The third kappa shape index (κ3) is 5.64. The van der Waals surface area contributed by atoms with Gasteiger partial charge in [0.25, 0.3) is 0 Å². The molecule has 2 aliphatic carbocycles. The summed E-state index contributed by atoms with van der Waals surface area (Å²) in [6.45, 7) is 4.87. The molecule has 2 aliphatic rings. The molecular formula is C44H40Cl2GeZr. The molecule has 0 radical (unpaired) electrons. The van der Waals surface area contributed by atoms with Crippen LogP contribution in [0, 0.1) is 0 Å². The van der Waals surface area contributed by atoms with E-state index in [4.69, 9.17) is 0 Å². The number of benzene rings is 6. The fraction of sp³-hybridized carbons (Fsp3) is 0.182.